The number of nitrogens with one attached hydrogen (secondary N) is 1. The highest BCUT2D eigenvalue weighted by Gasteiger charge is 2.13. The second-order valence-corrected chi connectivity index (χ2v) is 4.65. The van der Waals surface area contributed by atoms with Crippen molar-refractivity contribution in [1.82, 2.24) is 5.32 Å². The summed E-state index contributed by atoms with van der Waals surface area (Å²) >= 11 is 0. The van der Waals surface area contributed by atoms with E-state index in [1.807, 2.05) is 6.92 Å². The first kappa shape index (κ1) is 13.7. The van der Waals surface area contributed by atoms with Gasteiger partial charge in [-0.05, 0) is 39.2 Å². The van der Waals surface area contributed by atoms with Gasteiger partial charge in [-0.2, -0.15) is 0 Å². The Kier molecular flexibility index (Phi) is 5.16. The zero-order chi connectivity index (χ0) is 12.8. The zero-order valence-electron chi connectivity index (χ0n) is 10.7. The molecule has 1 aromatic carbocycles. The van der Waals surface area contributed by atoms with Crippen LogP contribution in [0.4, 0.5) is 0 Å². The molecule has 0 heterocycles. The predicted molar refractivity (Wildman–Crippen MR) is 69.2 cm³/mol. The van der Waals surface area contributed by atoms with Crippen molar-refractivity contribution in [3.8, 4) is 0 Å². The molecule has 0 aromatic heterocycles. The molecule has 1 rings (SSSR count). The van der Waals surface area contributed by atoms with Crippen molar-refractivity contribution in [3.05, 3.63) is 35.4 Å². The predicted octanol–water partition coefficient (Wildman–Crippen LogP) is 2.38. The molecule has 0 aliphatic rings. The molecular formula is C14H21NO2. The van der Waals surface area contributed by atoms with Crippen molar-refractivity contribution >= 4 is 5.97 Å². The van der Waals surface area contributed by atoms with E-state index in [2.05, 4.69) is 36.5 Å². The first-order valence-electron chi connectivity index (χ1n) is 6.03. The third-order valence-electron chi connectivity index (χ3n) is 2.89. The van der Waals surface area contributed by atoms with E-state index >= 15 is 0 Å². The summed E-state index contributed by atoms with van der Waals surface area (Å²) in [6, 6.07) is 8.19. The Bertz CT molecular complexity index is 359. The second kappa shape index (κ2) is 6.40. The largest absolute Gasteiger partial charge is 0.480 e. The highest BCUT2D eigenvalue weighted by atomic mass is 16.4. The molecule has 3 heteroatoms. The van der Waals surface area contributed by atoms with Crippen LogP contribution in [0.3, 0.4) is 0 Å². The van der Waals surface area contributed by atoms with Crippen LogP contribution in [0, 0.1) is 6.92 Å². The topological polar surface area (TPSA) is 49.3 Å². The Labute approximate surface area is 103 Å². The van der Waals surface area contributed by atoms with Gasteiger partial charge in [0.2, 0.25) is 0 Å². The van der Waals surface area contributed by atoms with Crippen molar-refractivity contribution in [2.75, 3.05) is 0 Å². The number of benzene rings is 1. The van der Waals surface area contributed by atoms with Crippen molar-refractivity contribution in [2.24, 2.45) is 0 Å². The third-order valence-corrected chi connectivity index (χ3v) is 2.89. The fraction of sp³-hybridized carbons (Fsp3) is 0.500. The second-order valence-electron chi connectivity index (χ2n) is 4.65. The van der Waals surface area contributed by atoms with Crippen LogP contribution in [0.25, 0.3) is 0 Å². The molecule has 0 aliphatic carbocycles. The van der Waals surface area contributed by atoms with E-state index in [1.54, 1.807) is 6.92 Å². The summed E-state index contributed by atoms with van der Waals surface area (Å²) in [7, 11) is 0. The Morgan fingerprint density at radius 3 is 2.41 bits per heavy atom. The van der Waals surface area contributed by atoms with E-state index < -0.39 is 12.0 Å². The number of hydrogen-bond donors (Lipinski definition) is 2. The maximum atomic E-state index is 10.7. The number of rotatable bonds is 6. The number of carboxylic acid groups (broad SMARTS) is 1. The molecule has 0 aliphatic heterocycles. The van der Waals surface area contributed by atoms with E-state index in [0.29, 0.717) is 0 Å². The molecule has 0 radical (unpaired) electrons. The normalized spacial score (nSPS) is 14.3. The lowest BCUT2D eigenvalue weighted by Gasteiger charge is -2.16. The molecule has 0 saturated carbocycles. The Morgan fingerprint density at radius 2 is 1.88 bits per heavy atom. The fourth-order valence-corrected chi connectivity index (χ4v) is 1.72. The summed E-state index contributed by atoms with van der Waals surface area (Å²) in [5.41, 5.74) is 2.56. The van der Waals surface area contributed by atoms with E-state index in [4.69, 9.17) is 5.11 Å². The number of aliphatic carboxylic acids is 1. The number of hydrogen-bond acceptors (Lipinski definition) is 2. The molecule has 17 heavy (non-hydrogen) atoms. The molecule has 2 N–H and O–H groups in total. The molecule has 0 spiro atoms. The molecule has 0 saturated heterocycles. The van der Waals surface area contributed by atoms with Crippen molar-refractivity contribution in [2.45, 2.75) is 45.7 Å². The first-order valence-corrected chi connectivity index (χ1v) is 6.03. The van der Waals surface area contributed by atoms with Gasteiger partial charge in [-0.3, -0.25) is 4.79 Å². The van der Waals surface area contributed by atoms with Gasteiger partial charge in [0, 0.05) is 6.04 Å². The number of carbonyl (C=O) groups is 1. The third kappa shape index (κ3) is 5.00. The van der Waals surface area contributed by atoms with Crippen molar-refractivity contribution < 1.29 is 9.90 Å². The maximum absolute atomic E-state index is 10.7. The SMILES string of the molecule is Cc1ccc(CCC(C)N[C@@H](C)C(=O)O)cc1. The highest BCUT2D eigenvalue weighted by Crippen LogP contribution is 2.07. The van der Waals surface area contributed by atoms with Gasteiger partial charge in [-0.25, -0.2) is 0 Å². The highest BCUT2D eigenvalue weighted by molar-refractivity contribution is 5.72. The number of aryl methyl sites for hydroxylation is 2. The maximum Gasteiger partial charge on any atom is 0.320 e. The molecule has 94 valence electrons. The monoisotopic (exact) mass is 235 g/mol. The fourth-order valence-electron chi connectivity index (χ4n) is 1.72. The lowest BCUT2D eigenvalue weighted by molar-refractivity contribution is -0.139. The minimum atomic E-state index is -0.799. The summed E-state index contributed by atoms with van der Waals surface area (Å²) in [6.45, 7) is 5.76. The van der Waals surface area contributed by atoms with Crippen LogP contribution in [-0.4, -0.2) is 23.2 Å². The molecule has 1 unspecified atom stereocenters. The van der Waals surface area contributed by atoms with Crippen LogP contribution < -0.4 is 5.32 Å². The van der Waals surface area contributed by atoms with Crippen LogP contribution in [0.15, 0.2) is 24.3 Å². The summed E-state index contributed by atoms with van der Waals surface area (Å²) in [5, 5.41) is 11.8. The van der Waals surface area contributed by atoms with Gasteiger partial charge in [0.1, 0.15) is 6.04 Å². The molecule has 0 amide bonds. The van der Waals surface area contributed by atoms with E-state index in [1.165, 1.54) is 11.1 Å². The van der Waals surface area contributed by atoms with Gasteiger partial charge in [-0.15, -0.1) is 0 Å². The smallest absolute Gasteiger partial charge is 0.320 e. The standard InChI is InChI=1S/C14H21NO2/c1-10-4-7-13(8-5-10)9-6-11(2)15-12(3)14(16)17/h4-5,7-8,11-12,15H,6,9H2,1-3H3,(H,16,17)/t11?,12-/m0/s1. The Hall–Kier alpha value is -1.35. The van der Waals surface area contributed by atoms with Gasteiger partial charge in [0.15, 0.2) is 0 Å². The van der Waals surface area contributed by atoms with Gasteiger partial charge in [0.25, 0.3) is 0 Å². The molecule has 2 atom stereocenters. The Morgan fingerprint density at radius 1 is 1.29 bits per heavy atom. The van der Waals surface area contributed by atoms with Crippen LogP contribution in [0.2, 0.25) is 0 Å². The van der Waals surface area contributed by atoms with Crippen LogP contribution in [0.1, 0.15) is 31.4 Å². The quantitative estimate of drug-likeness (QED) is 0.796. The lowest BCUT2D eigenvalue weighted by atomic mass is 10.0. The lowest BCUT2D eigenvalue weighted by Crippen LogP contribution is -2.40. The van der Waals surface area contributed by atoms with Gasteiger partial charge in [0.05, 0.1) is 0 Å². The first-order chi connectivity index (χ1) is 7.99. The molecular weight excluding hydrogens is 214 g/mol. The minimum Gasteiger partial charge on any atom is -0.480 e. The number of carboxylic acids is 1. The summed E-state index contributed by atoms with van der Waals surface area (Å²) in [5.74, 6) is -0.799. The van der Waals surface area contributed by atoms with E-state index in [9.17, 15) is 4.79 Å². The van der Waals surface area contributed by atoms with Gasteiger partial charge < -0.3 is 10.4 Å². The van der Waals surface area contributed by atoms with Crippen molar-refractivity contribution in [3.63, 3.8) is 0 Å². The summed E-state index contributed by atoms with van der Waals surface area (Å²) < 4.78 is 0. The van der Waals surface area contributed by atoms with E-state index in [-0.39, 0.29) is 6.04 Å². The van der Waals surface area contributed by atoms with Gasteiger partial charge >= 0.3 is 5.97 Å². The van der Waals surface area contributed by atoms with Gasteiger partial charge in [-0.1, -0.05) is 29.8 Å². The summed E-state index contributed by atoms with van der Waals surface area (Å²) in [6.07, 6.45) is 1.92. The van der Waals surface area contributed by atoms with Crippen LogP contribution in [0.5, 0.6) is 0 Å². The van der Waals surface area contributed by atoms with Crippen LogP contribution in [-0.2, 0) is 11.2 Å². The molecule has 0 bridgehead atoms. The average molecular weight is 235 g/mol. The molecule has 3 nitrogen and oxygen atoms in total. The average Bonchev–Trinajstić information content (AvgIpc) is 2.28. The zero-order valence-corrected chi connectivity index (χ0v) is 10.7. The molecule has 0 fully saturated rings. The molecule has 1 aromatic rings. The van der Waals surface area contributed by atoms with Crippen LogP contribution >= 0.6 is 0 Å². The minimum absolute atomic E-state index is 0.211. The Balaban J connectivity index is 2.35. The van der Waals surface area contributed by atoms with E-state index in [0.717, 1.165) is 12.8 Å². The van der Waals surface area contributed by atoms with Crippen molar-refractivity contribution in [1.29, 1.82) is 0 Å². The summed E-state index contributed by atoms with van der Waals surface area (Å²) in [4.78, 5) is 10.7.